The van der Waals surface area contributed by atoms with Crippen LogP contribution in [-0.4, -0.2) is 38.6 Å². The summed E-state index contributed by atoms with van der Waals surface area (Å²) in [5, 5.41) is 16.6. The minimum absolute atomic E-state index is 0.00916. The summed E-state index contributed by atoms with van der Waals surface area (Å²) in [7, 11) is 0. The Hall–Kier alpha value is -1.77. The van der Waals surface area contributed by atoms with Crippen LogP contribution in [-0.2, 0) is 17.1 Å². The van der Waals surface area contributed by atoms with Crippen molar-refractivity contribution >= 4 is 6.09 Å². The Morgan fingerprint density at radius 1 is 1.36 bits per heavy atom. The molecule has 25 heavy (non-hydrogen) atoms. The third kappa shape index (κ3) is 5.91. The van der Waals surface area contributed by atoms with E-state index in [1.807, 2.05) is 0 Å². The topological polar surface area (TPSA) is 97.5 Å². The van der Waals surface area contributed by atoms with Crippen LogP contribution in [0.1, 0.15) is 65.1 Å². The van der Waals surface area contributed by atoms with Crippen LogP contribution in [0.25, 0.3) is 0 Å². The van der Waals surface area contributed by atoms with Gasteiger partial charge in [-0.15, -0.1) is 0 Å². The number of ether oxygens (including phenoxy) is 1. The SMILES string of the molecule is CC(C)(C)OC(=O)NC1CCC(O)(Cc2nc(C(C)(F)F)no2)CC1. The number of amides is 1. The van der Waals surface area contributed by atoms with Crippen molar-refractivity contribution in [3.8, 4) is 0 Å². The van der Waals surface area contributed by atoms with E-state index in [1.54, 1.807) is 20.8 Å². The molecule has 1 aliphatic carbocycles. The molecule has 142 valence electrons. The lowest BCUT2D eigenvalue weighted by Crippen LogP contribution is -2.45. The lowest BCUT2D eigenvalue weighted by atomic mass is 9.80. The van der Waals surface area contributed by atoms with E-state index in [4.69, 9.17) is 9.26 Å². The summed E-state index contributed by atoms with van der Waals surface area (Å²) in [5.74, 6) is -3.89. The van der Waals surface area contributed by atoms with Gasteiger partial charge in [-0.05, 0) is 46.5 Å². The molecule has 0 bridgehead atoms. The van der Waals surface area contributed by atoms with Crippen molar-refractivity contribution in [3.63, 3.8) is 0 Å². The van der Waals surface area contributed by atoms with Crippen molar-refractivity contribution < 1.29 is 27.9 Å². The van der Waals surface area contributed by atoms with Crippen LogP contribution in [0.15, 0.2) is 4.52 Å². The summed E-state index contributed by atoms with van der Waals surface area (Å²) < 4.78 is 36.3. The molecule has 1 aromatic rings. The average Bonchev–Trinajstić information content (AvgIpc) is 2.87. The fourth-order valence-corrected chi connectivity index (χ4v) is 2.74. The monoisotopic (exact) mass is 361 g/mol. The van der Waals surface area contributed by atoms with Crippen LogP contribution in [0, 0.1) is 0 Å². The van der Waals surface area contributed by atoms with Gasteiger partial charge in [0, 0.05) is 13.0 Å². The second-order valence-electron chi connectivity index (χ2n) is 7.72. The van der Waals surface area contributed by atoms with Crippen molar-refractivity contribution in [2.75, 3.05) is 0 Å². The zero-order valence-corrected chi connectivity index (χ0v) is 14.9. The molecule has 0 atom stereocenters. The smallest absolute Gasteiger partial charge is 0.407 e. The van der Waals surface area contributed by atoms with Gasteiger partial charge in [0.25, 0.3) is 0 Å². The molecule has 1 saturated carbocycles. The average molecular weight is 361 g/mol. The number of alkyl carbamates (subject to hydrolysis) is 1. The van der Waals surface area contributed by atoms with E-state index in [0.29, 0.717) is 32.6 Å². The number of nitrogens with one attached hydrogen (secondary N) is 1. The summed E-state index contributed by atoms with van der Waals surface area (Å²) in [4.78, 5) is 15.4. The number of carbonyl (C=O) groups excluding carboxylic acids is 1. The summed E-state index contributed by atoms with van der Waals surface area (Å²) in [6.45, 7) is 6.03. The normalized spacial score (nSPS) is 24.8. The highest BCUT2D eigenvalue weighted by Gasteiger charge is 2.37. The Morgan fingerprint density at radius 2 is 1.96 bits per heavy atom. The Kier molecular flexibility index (Phi) is 5.36. The van der Waals surface area contributed by atoms with E-state index in [2.05, 4.69) is 15.5 Å². The van der Waals surface area contributed by atoms with E-state index in [0.717, 1.165) is 0 Å². The molecule has 1 fully saturated rings. The number of nitrogens with zero attached hydrogens (tertiary/aromatic N) is 2. The van der Waals surface area contributed by atoms with Gasteiger partial charge in [-0.3, -0.25) is 0 Å². The lowest BCUT2D eigenvalue weighted by molar-refractivity contribution is -0.0113. The van der Waals surface area contributed by atoms with Crippen molar-refractivity contribution in [1.82, 2.24) is 15.5 Å². The first-order valence-electron chi connectivity index (χ1n) is 8.29. The number of carbonyl (C=O) groups is 1. The zero-order chi connectivity index (χ0) is 18.9. The molecule has 0 radical (unpaired) electrons. The highest BCUT2D eigenvalue weighted by atomic mass is 19.3. The molecule has 9 heteroatoms. The molecule has 0 saturated heterocycles. The van der Waals surface area contributed by atoms with Crippen LogP contribution >= 0.6 is 0 Å². The fraction of sp³-hybridized carbons (Fsp3) is 0.812. The molecular formula is C16H25F2N3O4. The zero-order valence-electron chi connectivity index (χ0n) is 14.9. The van der Waals surface area contributed by atoms with Gasteiger partial charge in [0.2, 0.25) is 11.7 Å². The molecule has 1 aliphatic rings. The number of aliphatic hydroxyl groups is 1. The first-order chi connectivity index (χ1) is 11.4. The Balaban J connectivity index is 1.86. The minimum Gasteiger partial charge on any atom is -0.444 e. The summed E-state index contributed by atoms with van der Waals surface area (Å²) in [5.41, 5.74) is -1.69. The van der Waals surface area contributed by atoms with E-state index in [-0.39, 0.29) is 18.4 Å². The first-order valence-corrected chi connectivity index (χ1v) is 8.29. The molecule has 1 heterocycles. The maximum Gasteiger partial charge on any atom is 0.407 e. The number of halogens is 2. The van der Waals surface area contributed by atoms with E-state index >= 15 is 0 Å². The standard InChI is InChI=1S/C16H25F2N3O4/c1-14(2,3)24-13(22)19-10-5-7-16(23,8-6-10)9-11-20-12(21-25-11)15(4,17)18/h10,23H,5-9H2,1-4H3,(H,19,22). The predicted octanol–water partition coefficient (Wildman–Crippen LogP) is 2.92. The fourth-order valence-electron chi connectivity index (χ4n) is 2.74. The van der Waals surface area contributed by atoms with E-state index in [1.165, 1.54) is 0 Å². The number of hydrogen-bond donors (Lipinski definition) is 2. The highest BCUT2D eigenvalue weighted by molar-refractivity contribution is 5.68. The van der Waals surface area contributed by atoms with Gasteiger partial charge in [0.1, 0.15) is 5.60 Å². The maximum absolute atomic E-state index is 13.1. The summed E-state index contributed by atoms with van der Waals surface area (Å²) in [6, 6.07) is -0.103. The Morgan fingerprint density at radius 3 is 2.44 bits per heavy atom. The van der Waals surface area contributed by atoms with Gasteiger partial charge in [0.05, 0.1) is 12.0 Å². The van der Waals surface area contributed by atoms with Crippen molar-refractivity contribution in [2.45, 2.75) is 83.0 Å². The molecule has 0 spiro atoms. The van der Waals surface area contributed by atoms with Gasteiger partial charge in [0.15, 0.2) is 0 Å². The Labute approximate surface area is 145 Å². The van der Waals surface area contributed by atoms with Crippen LogP contribution < -0.4 is 5.32 Å². The molecule has 0 aliphatic heterocycles. The number of alkyl halides is 2. The Bertz CT molecular complexity index is 599. The van der Waals surface area contributed by atoms with Crippen molar-refractivity contribution in [2.24, 2.45) is 0 Å². The maximum atomic E-state index is 13.1. The van der Waals surface area contributed by atoms with Crippen LogP contribution in [0.3, 0.4) is 0 Å². The summed E-state index contributed by atoms with van der Waals surface area (Å²) >= 11 is 0. The molecule has 2 rings (SSSR count). The largest absolute Gasteiger partial charge is 0.444 e. The third-order valence-electron chi connectivity index (χ3n) is 3.98. The van der Waals surface area contributed by atoms with E-state index < -0.39 is 29.0 Å². The number of aromatic nitrogens is 2. The second-order valence-corrected chi connectivity index (χ2v) is 7.72. The third-order valence-corrected chi connectivity index (χ3v) is 3.98. The predicted molar refractivity (Wildman–Crippen MR) is 84.1 cm³/mol. The van der Waals surface area contributed by atoms with Gasteiger partial charge in [-0.2, -0.15) is 13.8 Å². The number of hydrogen-bond acceptors (Lipinski definition) is 6. The molecule has 7 nitrogen and oxygen atoms in total. The minimum atomic E-state index is -3.18. The van der Waals surface area contributed by atoms with Gasteiger partial charge in [-0.25, -0.2) is 4.79 Å². The van der Waals surface area contributed by atoms with Crippen molar-refractivity contribution in [1.29, 1.82) is 0 Å². The molecule has 2 N–H and O–H groups in total. The first kappa shape index (κ1) is 19.6. The van der Waals surface area contributed by atoms with E-state index in [9.17, 15) is 18.7 Å². The summed E-state index contributed by atoms with van der Waals surface area (Å²) in [6.07, 6.45) is 1.37. The quantitative estimate of drug-likeness (QED) is 0.856. The van der Waals surface area contributed by atoms with Crippen molar-refractivity contribution in [3.05, 3.63) is 11.7 Å². The molecule has 1 aromatic heterocycles. The second kappa shape index (κ2) is 6.86. The van der Waals surface area contributed by atoms with Crippen LogP contribution in [0.2, 0.25) is 0 Å². The molecular weight excluding hydrogens is 336 g/mol. The number of rotatable bonds is 4. The van der Waals surface area contributed by atoms with Gasteiger partial charge in [-0.1, -0.05) is 5.16 Å². The highest BCUT2D eigenvalue weighted by Crippen LogP contribution is 2.32. The molecule has 0 unspecified atom stereocenters. The van der Waals surface area contributed by atoms with Crippen LogP contribution in [0.5, 0.6) is 0 Å². The molecule has 1 amide bonds. The lowest BCUT2D eigenvalue weighted by Gasteiger charge is -2.35. The van der Waals surface area contributed by atoms with Gasteiger partial charge < -0.3 is 19.7 Å². The molecule has 0 aromatic carbocycles. The van der Waals surface area contributed by atoms with Gasteiger partial charge >= 0.3 is 12.0 Å². The van der Waals surface area contributed by atoms with Crippen LogP contribution in [0.4, 0.5) is 13.6 Å².